The van der Waals surface area contributed by atoms with Gasteiger partial charge in [0.05, 0.1) is 22.1 Å². The molecule has 0 fully saturated rings. The van der Waals surface area contributed by atoms with Gasteiger partial charge in [0, 0.05) is 38.6 Å². The molecule has 2 heteroatoms. The molecule has 12 aromatic rings. The van der Waals surface area contributed by atoms with Crippen molar-refractivity contribution < 1.29 is 0 Å². The Balaban J connectivity index is 1.04. The Bertz CT molecular complexity index is 3780. The quantitative estimate of drug-likeness (QED) is 0.157. The van der Waals surface area contributed by atoms with Gasteiger partial charge in [-0.25, -0.2) is 0 Å². The van der Waals surface area contributed by atoms with Crippen LogP contribution in [0.25, 0.3) is 82.4 Å². The first-order chi connectivity index (χ1) is 32.3. The van der Waals surface area contributed by atoms with E-state index in [0.29, 0.717) is 0 Å². The highest BCUT2D eigenvalue weighted by Gasteiger charge is 2.51. The normalized spacial score (nSPS) is 13.0. The predicted octanol–water partition coefficient (Wildman–Crippen LogP) is 16.6. The van der Waals surface area contributed by atoms with Crippen LogP contribution in [0.4, 0.5) is 17.1 Å². The number of aromatic nitrogens is 1. The van der Waals surface area contributed by atoms with Crippen LogP contribution in [0.2, 0.25) is 0 Å². The lowest BCUT2D eigenvalue weighted by molar-refractivity contribution is 0.794. The zero-order valence-electron chi connectivity index (χ0n) is 35.5. The third-order valence-corrected chi connectivity index (χ3v) is 14.4. The second kappa shape index (κ2) is 13.8. The molecule has 1 heterocycles. The molecule has 1 spiro atoms. The number of rotatable bonds is 5. The number of anilines is 3. The van der Waals surface area contributed by atoms with Crippen LogP contribution in [-0.2, 0) is 5.41 Å². The Morgan fingerprint density at radius 3 is 1.40 bits per heavy atom. The van der Waals surface area contributed by atoms with Crippen molar-refractivity contribution in [2.75, 3.05) is 4.90 Å². The van der Waals surface area contributed by atoms with Gasteiger partial charge >= 0.3 is 0 Å². The van der Waals surface area contributed by atoms with E-state index in [0.717, 1.165) is 17.1 Å². The summed E-state index contributed by atoms with van der Waals surface area (Å²) in [4.78, 5) is 2.49. The van der Waals surface area contributed by atoms with Crippen LogP contribution in [0.1, 0.15) is 22.3 Å². The SMILES string of the molecule is c1ccc(N(c2ccc3c(c2)c2ccccc2n3-c2ccccc2)c2c3ccccc3c(-c3ccc4c(c3)C3(c5ccccc5-c5ccccc53)c3ccccc3-4)c3ccccc23)cc1. The average Bonchev–Trinajstić information content (AvgIpc) is 3.98. The van der Waals surface area contributed by atoms with Gasteiger partial charge in [0.15, 0.2) is 0 Å². The van der Waals surface area contributed by atoms with Crippen molar-refractivity contribution in [2.24, 2.45) is 0 Å². The minimum absolute atomic E-state index is 0.424. The Hall–Kier alpha value is -8.46. The summed E-state index contributed by atoms with van der Waals surface area (Å²) in [7, 11) is 0. The molecule has 2 aliphatic rings. The summed E-state index contributed by atoms with van der Waals surface area (Å²) < 4.78 is 2.39. The van der Waals surface area contributed by atoms with Gasteiger partial charge in [-0.1, -0.05) is 188 Å². The van der Waals surface area contributed by atoms with Crippen molar-refractivity contribution in [2.45, 2.75) is 5.41 Å². The van der Waals surface area contributed by atoms with Gasteiger partial charge in [0.2, 0.25) is 0 Å². The van der Waals surface area contributed by atoms with E-state index in [2.05, 4.69) is 252 Å². The predicted molar refractivity (Wildman–Crippen MR) is 272 cm³/mol. The zero-order chi connectivity index (χ0) is 42.6. The Labute approximate surface area is 377 Å². The summed E-state index contributed by atoms with van der Waals surface area (Å²) >= 11 is 0. The third kappa shape index (κ3) is 4.94. The molecule has 0 bridgehead atoms. The number of hydrogen-bond donors (Lipinski definition) is 0. The minimum Gasteiger partial charge on any atom is -0.309 e. The molecule has 0 aliphatic heterocycles. The maximum atomic E-state index is 2.54. The Kier molecular flexibility index (Phi) is 7.64. The summed E-state index contributed by atoms with van der Waals surface area (Å²) in [5, 5.41) is 7.30. The summed E-state index contributed by atoms with van der Waals surface area (Å²) in [5.74, 6) is 0. The highest BCUT2D eigenvalue weighted by atomic mass is 15.1. The monoisotopic (exact) mass is 824 g/mol. The van der Waals surface area contributed by atoms with Crippen molar-refractivity contribution >= 4 is 60.4 Å². The van der Waals surface area contributed by atoms with Gasteiger partial charge in [0.1, 0.15) is 0 Å². The molecule has 0 saturated heterocycles. The standard InChI is InChI=1S/C63H40N2/c1-3-19-42(20-4-1)64(44-36-38-60-54(40-44)49-26-14-18-34-59(49)65(60)43-21-5-2-6-22-43)62-52-29-9-7-27-50(52)61(51-28-8-10-30-53(51)62)41-35-37-48-47-25-13-17-33-57(47)63(58(48)39-41)55-31-15-11-23-45(55)46-24-12-16-32-56(46)63/h1-40H. The van der Waals surface area contributed by atoms with Crippen LogP contribution in [-0.4, -0.2) is 4.57 Å². The van der Waals surface area contributed by atoms with E-state index < -0.39 is 5.41 Å². The van der Waals surface area contributed by atoms with Gasteiger partial charge in [-0.15, -0.1) is 0 Å². The molecule has 2 nitrogen and oxygen atoms in total. The number of nitrogens with zero attached hydrogens (tertiary/aromatic N) is 2. The van der Waals surface area contributed by atoms with Crippen molar-refractivity contribution in [3.8, 4) is 39.1 Å². The maximum Gasteiger partial charge on any atom is 0.0725 e. The summed E-state index contributed by atoms with van der Waals surface area (Å²) in [6.45, 7) is 0. The summed E-state index contributed by atoms with van der Waals surface area (Å²) in [5.41, 5.74) is 19.6. The molecular formula is C63H40N2. The largest absolute Gasteiger partial charge is 0.309 e. The van der Waals surface area contributed by atoms with E-state index >= 15 is 0 Å². The fourth-order valence-corrected chi connectivity index (χ4v) is 11.8. The molecule has 1 aromatic heterocycles. The lowest BCUT2D eigenvalue weighted by Crippen LogP contribution is -2.25. The van der Waals surface area contributed by atoms with E-state index in [-0.39, 0.29) is 0 Å². The van der Waals surface area contributed by atoms with Gasteiger partial charge in [-0.3, -0.25) is 0 Å². The molecule has 0 unspecified atom stereocenters. The molecule has 65 heavy (non-hydrogen) atoms. The van der Waals surface area contributed by atoms with Crippen molar-refractivity contribution in [1.82, 2.24) is 4.57 Å². The van der Waals surface area contributed by atoms with Crippen LogP contribution < -0.4 is 4.90 Å². The smallest absolute Gasteiger partial charge is 0.0725 e. The second-order valence-electron chi connectivity index (χ2n) is 17.5. The Morgan fingerprint density at radius 2 is 0.785 bits per heavy atom. The van der Waals surface area contributed by atoms with Crippen LogP contribution in [0.5, 0.6) is 0 Å². The van der Waals surface area contributed by atoms with Crippen molar-refractivity contribution in [3.05, 3.63) is 265 Å². The highest BCUT2D eigenvalue weighted by molar-refractivity contribution is 6.23. The molecule has 14 rings (SSSR count). The summed E-state index contributed by atoms with van der Waals surface area (Å²) in [6.07, 6.45) is 0. The molecule has 302 valence electrons. The van der Waals surface area contributed by atoms with Crippen LogP contribution >= 0.6 is 0 Å². The van der Waals surface area contributed by atoms with Crippen molar-refractivity contribution in [3.63, 3.8) is 0 Å². The van der Waals surface area contributed by atoms with E-state index in [4.69, 9.17) is 0 Å². The second-order valence-corrected chi connectivity index (χ2v) is 17.5. The van der Waals surface area contributed by atoms with Crippen molar-refractivity contribution in [1.29, 1.82) is 0 Å². The number of fused-ring (bicyclic) bond motifs is 15. The maximum absolute atomic E-state index is 2.54. The van der Waals surface area contributed by atoms with Gasteiger partial charge in [-0.05, 0) is 121 Å². The van der Waals surface area contributed by atoms with E-state index in [9.17, 15) is 0 Å². The summed E-state index contributed by atoms with van der Waals surface area (Å²) in [6, 6.07) is 90.1. The van der Waals surface area contributed by atoms with Crippen LogP contribution in [0, 0.1) is 0 Å². The average molecular weight is 825 g/mol. The molecule has 0 N–H and O–H groups in total. The molecule has 11 aromatic carbocycles. The van der Waals surface area contributed by atoms with Crippen LogP contribution in [0.3, 0.4) is 0 Å². The number of hydrogen-bond acceptors (Lipinski definition) is 1. The third-order valence-electron chi connectivity index (χ3n) is 14.4. The lowest BCUT2D eigenvalue weighted by atomic mass is 9.70. The fraction of sp³-hybridized carbons (Fsp3) is 0.0159. The first-order valence-electron chi connectivity index (χ1n) is 22.6. The van der Waals surface area contributed by atoms with Crippen LogP contribution in [0.15, 0.2) is 243 Å². The fourth-order valence-electron chi connectivity index (χ4n) is 11.8. The van der Waals surface area contributed by atoms with E-state index in [1.165, 1.54) is 105 Å². The van der Waals surface area contributed by atoms with Gasteiger partial charge in [-0.2, -0.15) is 0 Å². The van der Waals surface area contributed by atoms with Gasteiger partial charge < -0.3 is 9.47 Å². The first kappa shape index (κ1) is 36.1. The molecule has 0 amide bonds. The topological polar surface area (TPSA) is 8.17 Å². The molecule has 0 radical (unpaired) electrons. The number of benzene rings is 11. The van der Waals surface area contributed by atoms with Gasteiger partial charge in [0.25, 0.3) is 0 Å². The lowest BCUT2D eigenvalue weighted by Gasteiger charge is -2.31. The molecule has 0 saturated carbocycles. The molecule has 2 aliphatic carbocycles. The number of para-hydroxylation sites is 3. The zero-order valence-corrected chi connectivity index (χ0v) is 35.5. The molecular weight excluding hydrogens is 785 g/mol. The minimum atomic E-state index is -0.424. The highest BCUT2D eigenvalue weighted by Crippen LogP contribution is 2.63. The first-order valence-corrected chi connectivity index (χ1v) is 22.6. The van der Waals surface area contributed by atoms with E-state index in [1.807, 2.05) is 0 Å². The molecule has 0 atom stereocenters. The Morgan fingerprint density at radius 1 is 0.308 bits per heavy atom. The van der Waals surface area contributed by atoms with E-state index in [1.54, 1.807) is 0 Å².